The molecular weight excluding hydrogens is 679 g/mol. The number of guanidine groups is 1. The lowest BCUT2D eigenvalue weighted by Crippen LogP contribution is -3.00. The van der Waals surface area contributed by atoms with Crippen molar-refractivity contribution in [3.63, 3.8) is 0 Å². The predicted molar refractivity (Wildman–Crippen MR) is 224 cm³/mol. The molecule has 0 aliphatic heterocycles. The largest absolute Gasteiger partial charge is 1.00 e. The van der Waals surface area contributed by atoms with Gasteiger partial charge in [-0.1, -0.05) is 133 Å². The molecule has 7 heteroatoms. The topological polar surface area (TPSA) is 65.5 Å². The first-order valence-corrected chi connectivity index (χ1v) is 23.4. The van der Waals surface area contributed by atoms with Crippen LogP contribution in [0.25, 0.3) is 10.8 Å². The molecule has 3 aromatic rings. The maximum Gasteiger partial charge on any atom is 0.247 e. The van der Waals surface area contributed by atoms with Crippen LogP contribution in [0.15, 0.2) is 71.7 Å². The summed E-state index contributed by atoms with van der Waals surface area (Å²) in [6, 6.07) is 24.2. The third-order valence-corrected chi connectivity index (χ3v) is 16.2. The molecule has 1 unspecified atom stereocenters. The molecule has 52 heavy (non-hydrogen) atoms. The Labute approximate surface area is 323 Å². The van der Waals surface area contributed by atoms with Crippen LogP contribution in [0.5, 0.6) is 0 Å². The van der Waals surface area contributed by atoms with Gasteiger partial charge < -0.3 is 28.4 Å². The predicted octanol–water partition coefficient (Wildman–Crippen LogP) is 8.51. The minimum atomic E-state index is -1.05. The fourth-order valence-corrected chi connectivity index (χ4v) is 13.4. The molecule has 1 atom stereocenters. The number of hydrogen-bond donors (Lipinski definition) is 3. The number of rotatable bonds is 18. The van der Waals surface area contributed by atoms with Gasteiger partial charge in [-0.2, -0.15) is 0 Å². The lowest BCUT2D eigenvalue weighted by Gasteiger charge is -2.29. The van der Waals surface area contributed by atoms with E-state index >= 15 is 0 Å². The zero-order valence-electron chi connectivity index (χ0n) is 32.6. The van der Waals surface area contributed by atoms with Gasteiger partial charge in [0.05, 0.1) is 30.7 Å². The van der Waals surface area contributed by atoms with E-state index in [9.17, 15) is 4.79 Å². The Hall–Kier alpha value is -2.62. The summed E-state index contributed by atoms with van der Waals surface area (Å²) in [6.45, 7) is 7.01. The van der Waals surface area contributed by atoms with E-state index in [1.807, 2.05) is 0 Å². The average Bonchev–Trinajstić information content (AvgIpc) is 3.16. The Morgan fingerprint density at radius 1 is 0.731 bits per heavy atom. The molecular formula is C45H68ClN4OP. The van der Waals surface area contributed by atoms with E-state index in [0.29, 0.717) is 18.5 Å². The van der Waals surface area contributed by atoms with Crippen LogP contribution in [0.1, 0.15) is 135 Å². The quantitative estimate of drug-likeness (QED) is 0.0695. The molecule has 0 aromatic heterocycles. The summed E-state index contributed by atoms with van der Waals surface area (Å²) < 4.78 is 0. The SMILES string of the molecule is CCCC[P+](CCCC)(CCCC)Cc1ccc(NC(=O)C(Cc2ccc3ccccc3c2)NC(=NC2CCCCC2)NC2CCCCC2)cc1.[Cl-]. The number of unbranched alkanes of at least 4 members (excludes halogenated alkanes) is 3. The normalized spacial score (nSPS) is 16.6. The molecule has 1 amide bonds. The summed E-state index contributed by atoms with van der Waals surface area (Å²) in [5.74, 6) is 0.810. The van der Waals surface area contributed by atoms with E-state index in [4.69, 9.17) is 4.99 Å². The molecule has 2 aliphatic rings. The molecule has 3 N–H and O–H groups in total. The summed E-state index contributed by atoms with van der Waals surface area (Å²) in [5.41, 5.74) is 3.46. The lowest BCUT2D eigenvalue weighted by molar-refractivity contribution is -0.117. The summed E-state index contributed by atoms with van der Waals surface area (Å²) in [6.07, 6.45) is 26.2. The third kappa shape index (κ3) is 13.3. The molecule has 5 rings (SSSR count). The molecule has 2 saturated carbocycles. The minimum absolute atomic E-state index is 0. The molecule has 3 aromatic carbocycles. The summed E-state index contributed by atoms with van der Waals surface area (Å²) >= 11 is 0. The van der Waals surface area contributed by atoms with Gasteiger partial charge in [0.1, 0.15) is 6.04 Å². The van der Waals surface area contributed by atoms with Crippen LogP contribution in [0, 0.1) is 0 Å². The Balaban J connectivity index is 0.00000605. The zero-order valence-corrected chi connectivity index (χ0v) is 34.3. The monoisotopic (exact) mass is 746 g/mol. The zero-order chi connectivity index (χ0) is 35.7. The maximum atomic E-state index is 14.3. The number of aliphatic imine (C=N–C) groups is 1. The van der Waals surface area contributed by atoms with E-state index in [2.05, 4.69) is 103 Å². The van der Waals surface area contributed by atoms with Crippen molar-refractivity contribution in [1.82, 2.24) is 10.6 Å². The van der Waals surface area contributed by atoms with Crippen molar-refractivity contribution < 1.29 is 17.2 Å². The van der Waals surface area contributed by atoms with Crippen LogP contribution >= 0.6 is 7.26 Å². The van der Waals surface area contributed by atoms with Crippen molar-refractivity contribution in [3.05, 3.63) is 77.9 Å². The van der Waals surface area contributed by atoms with E-state index in [-0.39, 0.29) is 18.3 Å². The molecule has 286 valence electrons. The Morgan fingerprint density at radius 2 is 1.31 bits per heavy atom. The van der Waals surface area contributed by atoms with Gasteiger partial charge >= 0.3 is 0 Å². The van der Waals surface area contributed by atoms with E-state index in [1.165, 1.54) is 118 Å². The van der Waals surface area contributed by atoms with E-state index < -0.39 is 13.3 Å². The molecule has 2 fully saturated rings. The van der Waals surface area contributed by atoms with Crippen molar-refractivity contribution in [3.8, 4) is 0 Å². The Bertz CT molecular complexity index is 1480. The van der Waals surface area contributed by atoms with Gasteiger partial charge in [-0.05, 0) is 79.0 Å². The van der Waals surface area contributed by atoms with Crippen molar-refractivity contribution in [1.29, 1.82) is 0 Å². The number of nitrogens with one attached hydrogen (secondary N) is 3. The second-order valence-electron chi connectivity index (χ2n) is 15.7. The van der Waals surface area contributed by atoms with Crippen LogP contribution in [0.2, 0.25) is 0 Å². The minimum Gasteiger partial charge on any atom is -1.00 e. The molecule has 0 spiro atoms. The highest BCUT2D eigenvalue weighted by molar-refractivity contribution is 7.75. The maximum absolute atomic E-state index is 14.3. The number of halogens is 1. The molecule has 0 bridgehead atoms. The van der Waals surface area contributed by atoms with Crippen LogP contribution < -0.4 is 28.4 Å². The number of fused-ring (bicyclic) bond motifs is 1. The number of nitrogens with zero attached hydrogens (tertiary/aromatic N) is 1. The molecule has 0 radical (unpaired) electrons. The number of anilines is 1. The first-order chi connectivity index (χ1) is 25.0. The number of hydrogen-bond acceptors (Lipinski definition) is 2. The Kier molecular flexibility index (Phi) is 18.3. The lowest BCUT2D eigenvalue weighted by atomic mass is 9.95. The first-order valence-electron chi connectivity index (χ1n) is 20.8. The van der Waals surface area contributed by atoms with Gasteiger partial charge in [0.25, 0.3) is 0 Å². The third-order valence-electron chi connectivity index (χ3n) is 11.4. The van der Waals surface area contributed by atoms with Crippen molar-refractivity contribution in [2.45, 2.75) is 154 Å². The first kappa shape index (κ1) is 42.1. The summed E-state index contributed by atoms with van der Waals surface area (Å²) in [4.78, 5) is 19.6. The highest BCUT2D eigenvalue weighted by Crippen LogP contribution is 2.63. The second kappa shape index (κ2) is 22.6. The number of amides is 1. The Morgan fingerprint density at radius 3 is 1.92 bits per heavy atom. The van der Waals surface area contributed by atoms with Crippen LogP contribution in [-0.4, -0.2) is 48.5 Å². The van der Waals surface area contributed by atoms with E-state index in [0.717, 1.165) is 42.9 Å². The van der Waals surface area contributed by atoms with Crippen LogP contribution in [0.4, 0.5) is 5.69 Å². The van der Waals surface area contributed by atoms with E-state index in [1.54, 1.807) is 0 Å². The smallest absolute Gasteiger partial charge is 0.247 e. The summed E-state index contributed by atoms with van der Waals surface area (Å²) in [5, 5.41) is 13.3. The number of carbonyl (C=O) groups excluding carboxylic acids is 1. The second-order valence-corrected chi connectivity index (χ2v) is 20.1. The van der Waals surface area contributed by atoms with Gasteiger partial charge in [0.2, 0.25) is 5.91 Å². The van der Waals surface area contributed by atoms with Gasteiger partial charge in [-0.3, -0.25) is 4.79 Å². The highest BCUT2D eigenvalue weighted by atomic mass is 35.5. The molecule has 0 heterocycles. The number of benzene rings is 3. The fraction of sp³-hybridized carbons (Fsp3) is 0.600. The van der Waals surface area contributed by atoms with Gasteiger partial charge in [0.15, 0.2) is 5.96 Å². The fourth-order valence-electron chi connectivity index (χ4n) is 8.29. The standard InChI is InChI=1S/C45H67N4OP.ClH/c1-4-7-30-51(31-8-5-2,32-9-6-3)35-36-25-28-42(29-26-36)46-44(50)43(34-37-24-27-38-18-16-17-19-39(38)33-37)49-45(47-40-20-12-10-13-21-40)48-41-22-14-11-15-23-41;/h16-19,24-29,33,40-41,43H,4-15,20-23,30-32,34-35H2,1-3H3,(H2-,46,47,48,49,50);1H. The van der Waals surface area contributed by atoms with Crippen LogP contribution in [-0.2, 0) is 17.4 Å². The average molecular weight is 747 g/mol. The van der Waals surface area contributed by atoms with Crippen molar-refractivity contribution in [2.75, 3.05) is 23.8 Å². The van der Waals surface area contributed by atoms with Crippen LogP contribution in [0.3, 0.4) is 0 Å². The van der Waals surface area contributed by atoms with Gasteiger partial charge in [-0.25, -0.2) is 4.99 Å². The van der Waals surface area contributed by atoms with Crippen molar-refractivity contribution >= 4 is 35.6 Å². The number of carbonyl (C=O) groups is 1. The molecule has 2 aliphatic carbocycles. The molecule has 0 saturated heterocycles. The van der Waals surface area contributed by atoms with Gasteiger partial charge in [-0.15, -0.1) is 0 Å². The summed E-state index contributed by atoms with van der Waals surface area (Å²) in [7, 11) is -1.05. The van der Waals surface area contributed by atoms with Crippen molar-refractivity contribution in [2.24, 2.45) is 4.99 Å². The molecule has 5 nitrogen and oxygen atoms in total. The van der Waals surface area contributed by atoms with Gasteiger partial charge in [0, 0.05) is 25.4 Å². The highest BCUT2D eigenvalue weighted by Gasteiger charge is 2.35.